The molecule has 0 saturated carbocycles. The van der Waals surface area contributed by atoms with Crippen LogP contribution in [0.1, 0.15) is 35.3 Å². The van der Waals surface area contributed by atoms with E-state index < -0.39 is 0 Å². The molecule has 0 heterocycles. The van der Waals surface area contributed by atoms with Crippen LogP contribution in [0.3, 0.4) is 0 Å². The van der Waals surface area contributed by atoms with E-state index in [1.807, 2.05) is 56.4 Å². The van der Waals surface area contributed by atoms with Gasteiger partial charge in [-0.3, -0.25) is 9.69 Å². The van der Waals surface area contributed by atoms with Crippen LogP contribution in [0.15, 0.2) is 42.5 Å². The van der Waals surface area contributed by atoms with Crippen molar-refractivity contribution in [2.75, 3.05) is 13.7 Å². The maximum absolute atomic E-state index is 11.6. The molecule has 0 aliphatic heterocycles. The van der Waals surface area contributed by atoms with Crippen molar-refractivity contribution in [3.8, 4) is 5.75 Å². The van der Waals surface area contributed by atoms with Gasteiger partial charge < -0.3 is 4.74 Å². The molecule has 0 bridgehead atoms. The van der Waals surface area contributed by atoms with Crippen LogP contribution < -0.4 is 4.74 Å². The summed E-state index contributed by atoms with van der Waals surface area (Å²) in [5.41, 5.74) is 2.93. The van der Waals surface area contributed by atoms with E-state index in [1.54, 1.807) is 6.92 Å². The average molecular weight is 332 g/mol. The number of ketones is 1. The minimum Gasteiger partial charge on any atom is -0.494 e. The molecule has 0 aliphatic rings. The Kier molecular flexibility index (Phi) is 6.20. The Labute approximate surface area is 142 Å². The molecule has 0 N–H and O–H groups in total. The van der Waals surface area contributed by atoms with E-state index in [9.17, 15) is 4.79 Å². The van der Waals surface area contributed by atoms with Crippen molar-refractivity contribution in [2.45, 2.75) is 26.9 Å². The first kappa shape index (κ1) is 17.5. The summed E-state index contributed by atoms with van der Waals surface area (Å²) in [6.07, 6.45) is 0. The third-order valence-electron chi connectivity index (χ3n) is 3.57. The lowest BCUT2D eigenvalue weighted by Gasteiger charge is -2.19. The van der Waals surface area contributed by atoms with Crippen molar-refractivity contribution in [3.63, 3.8) is 0 Å². The van der Waals surface area contributed by atoms with Gasteiger partial charge >= 0.3 is 0 Å². The average Bonchev–Trinajstić information content (AvgIpc) is 2.51. The minimum atomic E-state index is 0.0645. The van der Waals surface area contributed by atoms with E-state index in [0.29, 0.717) is 18.7 Å². The van der Waals surface area contributed by atoms with Gasteiger partial charge in [-0.1, -0.05) is 23.7 Å². The number of Topliss-reactive ketones (excluding diaryl/α,β-unsaturated/α-hetero) is 1. The summed E-state index contributed by atoms with van der Waals surface area (Å²) in [6.45, 7) is 5.65. The standard InChI is InChI=1S/C19H22ClNO2/c1-4-23-19-10-7-16(14(2)22)11-17(19)13-21(3)12-15-5-8-18(20)9-6-15/h5-11H,4,12-13H2,1-3H3. The van der Waals surface area contributed by atoms with E-state index in [1.165, 1.54) is 5.56 Å². The zero-order valence-electron chi connectivity index (χ0n) is 13.8. The van der Waals surface area contributed by atoms with Gasteiger partial charge in [-0.25, -0.2) is 0 Å². The van der Waals surface area contributed by atoms with Crippen LogP contribution >= 0.6 is 11.6 Å². The molecule has 0 fully saturated rings. The number of rotatable bonds is 7. The second-order valence-corrected chi connectivity index (χ2v) is 6.05. The highest BCUT2D eigenvalue weighted by Gasteiger charge is 2.10. The fraction of sp³-hybridized carbons (Fsp3) is 0.316. The molecule has 0 aliphatic carbocycles. The Balaban J connectivity index is 2.14. The molecule has 0 aromatic heterocycles. The summed E-state index contributed by atoms with van der Waals surface area (Å²) >= 11 is 5.92. The maximum atomic E-state index is 11.6. The zero-order chi connectivity index (χ0) is 16.8. The van der Waals surface area contributed by atoms with E-state index in [2.05, 4.69) is 4.90 Å². The lowest BCUT2D eigenvalue weighted by Crippen LogP contribution is -2.18. The van der Waals surface area contributed by atoms with Crippen molar-refractivity contribution in [1.29, 1.82) is 0 Å². The summed E-state index contributed by atoms with van der Waals surface area (Å²) in [4.78, 5) is 13.8. The molecule has 2 rings (SSSR count). The molecule has 122 valence electrons. The van der Waals surface area contributed by atoms with E-state index >= 15 is 0 Å². The molecule has 23 heavy (non-hydrogen) atoms. The lowest BCUT2D eigenvalue weighted by atomic mass is 10.1. The fourth-order valence-electron chi connectivity index (χ4n) is 2.47. The Hall–Kier alpha value is -1.84. The number of hydrogen-bond acceptors (Lipinski definition) is 3. The molecule has 0 unspecified atom stereocenters. The van der Waals surface area contributed by atoms with Crippen molar-refractivity contribution in [3.05, 3.63) is 64.2 Å². The molecule has 0 atom stereocenters. The highest BCUT2D eigenvalue weighted by atomic mass is 35.5. The van der Waals surface area contributed by atoms with Gasteiger partial charge in [0.2, 0.25) is 0 Å². The number of ether oxygens (including phenoxy) is 1. The van der Waals surface area contributed by atoms with Gasteiger partial charge in [0, 0.05) is 29.2 Å². The van der Waals surface area contributed by atoms with Crippen LogP contribution in [0.2, 0.25) is 5.02 Å². The van der Waals surface area contributed by atoms with Crippen molar-refractivity contribution in [1.82, 2.24) is 4.90 Å². The minimum absolute atomic E-state index is 0.0645. The van der Waals surface area contributed by atoms with Crippen LogP contribution in [0, 0.1) is 0 Å². The van der Waals surface area contributed by atoms with Gasteiger partial charge in [0.05, 0.1) is 6.61 Å². The summed E-state index contributed by atoms with van der Waals surface area (Å²) in [6, 6.07) is 13.5. The monoisotopic (exact) mass is 331 g/mol. The Morgan fingerprint density at radius 3 is 2.43 bits per heavy atom. The topological polar surface area (TPSA) is 29.5 Å². The highest BCUT2D eigenvalue weighted by molar-refractivity contribution is 6.30. The largest absolute Gasteiger partial charge is 0.494 e. The van der Waals surface area contributed by atoms with Gasteiger partial charge in [-0.2, -0.15) is 0 Å². The first-order valence-corrected chi connectivity index (χ1v) is 8.07. The normalized spacial score (nSPS) is 10.8. The Bertz CT molecular complexity index is 668. The van der Waals surface area contributed by atoms with Gasteiger partial charge in [-0.15, -0.1) is 0 Å². The molecular formula is C19H22ClNO2. The molecular weight excluding hydrogens is 310 g/mol. The van der Waals surface area contributed by atoms with Crippen molar-refractivity contribution < 1.29 is 9.53 Å². The predicted molar refractivity (Wildman–Crippen MR) is 94.2 cm³/mol. The summed E-state index contributed by atoms with van der Waals surface area (Å²) in [5, 5.41) is 0.740. The third-order valence-corrected chi connectivity index (χ3v) is 3.82. The number of carbonyl (C=O) groups is 1. The second-order valence-electron chi connectivity index (χ2n) is 5.61. The number of hydrogen-bond donors (Lipinski definition) is 0. The molecule has 2 aromatic carbocycles. The van der Waals surface area contributed by atoms with Crippen molar-refractivity contribution >= 4 is 17.4 Å². The SMILES string of the molecule is CCOc1ccc(C(C)=O)cc1CN(C)Cc1ccc(Cl)cc1. The number of nitrogens with zero attached hydrogens (tertiary/aromatic N) is 1. The first-order chi connectivity index (χ1) is 11.0. The molecule has 3 nitrogen and oxygen atoms in total. The van der Waals surface area contributed by atoms with Gasteiger partial charge in [0.15, 0.2) is 5.78 Å². The Morgan fingerprint density at radius 2 is 1.83 bits per heavy atom. The number of carbonyl (C=O) groups excluding carboxylic acids is 1. The van der Waals surface area contributed by atoms with E-state index in [4.69, 9.17) is 16.3 Å². The maximum Gasteiger partial charge on any atom is 0.159 e. The van der Waals surface area contributed by atoms with Gasteiger partial charge in [-0.05, 0) is 56.8 Å². The highest BCUT2D eigenvalue weighted by Crippen LogP contribution is 2.23. The van der Waals surface area contributed by atoms with Crippen molar-refractivity contribution in [2.24, 2.45) is 0 Å². The smallest absolute Gasteiger partial charge is 0.159 e. The molecule has 0 saturated heterocycles. The third kappa shape index (κ3) is 5.08. The summed E-state index contributed by atoms with van der Waals surface area (Å²) < 4.78 is 5.68. The Morgan fingerprint density at radius 1 is 1.13 bits per heavy atom. The zero-order valence-corrected chi connectivity index (χ0v) is 14.6. The van der Waals surface area contributed by atoms with Crippen LogP contribution in [-0.2, 0) is 13.1 Å². The summed E-state index contributed by atoms with van der Waals surface area (Å²) in [5.74, 6) is 0.898. The summed E-state index contributed by atoms with van der Waals surface area (Å²) in [7, 11) is 2.05. The van der Waals surface area contributed by atoms with Crippen LogP contribution in [0.25, 0.3) is 0 Å². The molecule has 0 amide bonds. The van der Waals surface area contributed by atoms with Crippen LogP contribution in [0.4, 0.5) is 0 Å². The quantitative estimate of drug-likeness (QED) is 0.696. The molecule has 0 radical (unpaired) electrons. The molecule has 4 heteroatoms. The first-order valence-electron chi connectivity index (χ1n) is 7.69. The number of halogens is 1. The number of benzene rings is 2. The predicted octanol–water partition coefficient (Wildman–Crippen LogP) is 4.57. The van der Waals surface area contributed by atoms with Gasteiger partial charge in [0.1, 0.15) is 5.75 Å². The van der Waals surface area contributed by atoms with Crippen LogP contribution in [-0.4, -0.2) is 24.3 Å². The lowest BCUT2D eigenvalue weighted by molar-refractivity contribution is 0.101. The molecule has 0 spiro atoms. The van der Waals surface area contributed by atoms with Gasteiger partial charge in [0.25, 0.3) is 0 Å². The van der Waals surface area contributed by atoms with E-state index in [-0.39, 0.29) is 5.78 Å². The van der Waals surface area contributed by atoms with E-state index in [0.717, 1.165) is 22.9 Å². The van der Waals surface area contributed by atoms with Crippen LogP contribution in [0.5, 0.6) is 5.75 Å². The fourth-order valence-corrected chi connectivity index (χ4v) is 2.59. The molecule has 2 aromatic rings. The second kappa shape index (κ2) is 8.14.